The Morgan fingerprint density at radius 3 is 2.59 bits per heavy atom. The topological polar surface area (TPSA) is 140 Å². The molecule has 0 unspecified atom stereocenters. The standard InChI is InChI=1S/C14H16B3ClFN3O6S/c1-4(2)6(20)10(25)27-14(16,17)12(19)7(23)8(24)13(15,28-12)22-3-5(18)9(29)21-11(22)26/h3-4,6-8,23-24H,20H2,1-2H3,(H,21,26,29)/t6-,7-,8+,12-,13-/m0/s1. The van der Waals surface area contributed by atoms with Gasteiger partial charge in [-0.1, -0.05) is 37.7 Å². The Morgan fingerprint density at radius 2 is 2.07 bits per heavy atom. The van der Waals surface area contributed by atoms with E-state index in [0.717, 1.165) is 6.20 Å². The van der Waals surface area contributed by atoms with E-state index in [0.29, 0.717) is 4.57 Å². The molecule has 0 spiro atoms. The maximum absolute atomic E-state index is 15.6. The Bertz CT molecular complexity index is 933. The molecule has 1 aromatic rings. The lowest BCUT2D eigenvalue weighted by Crippen LogP contribution is -2.62. The summed E-state index contributed by atoms with van der Waals surface area (Å²) in [6.07, 6.45) is -4.02. The number of aliphatic hydroxyl groups excluding tert-OH is 2. The number of halogens is 2. The van der Waals surface area contributed by atoms with Gasteiger partial charge in [0.1, 0.15) is 52.1 Å². The molecule has 0 saturated carbocycles. The van der Waals surface area contributed by atoms with E-state index in [1.165, 1.54) is 0 Å². The van der Waals surface area contributed by atoms with Crippen molar-refractivity contribution >= 4 is 53.3 Å². The lowest BCUT2D eigenvalue weighted by atomic mass is 9.59. The number of hydrogen-bond donors (Lipinski definition) is 4. The van der Waals surface area contributed by atoms with Crippen LogP contribution in [0.15, 0.2) is 11.0 Å². The second-order valence-corrected chi connectivity index (χ2v) is 7.79. The van der Waals surface area contributed by atoms with E-state index in [-0.39, 0.29) is 9.66 Å². The fourth-order valence-corrected chi connectivity index (χ4v) is 2.86. The number of ether oxygens (including phenoxy) is 2. The third-order valence-electron chi connectivity index (χ3n) is 4.48. The first kappa shape index (κ1) is 24.1. The van der Waals surface area contributed by atoms with Crippen LogP contribution >= 0.6 is 23.8 Å². The molecule has 152 valence electrons. The minimum absolute atomic E-state index is 0.167. The number of alkyl halides is 1. The van der Waals surface area contributed by atoms with Crippen molar-refractivity contribution in [1.29, 1.82) is 0 Å². The summed E-state index contributed by atoms with van der Waals surface area (Å²) in [5, 5.41) is 17.2. The molecule has 1 aromatic heterocycles. The van der Waals surface area contributed by atoms with Gasteiger partial charge in [0.2, 0.25) is 0 Å². The molecule has 15 heteroatoms. The number of nitrogens with one attached hydrogen (secondary N) is 1. The van der Waals surface area contributed by atoms with E-state index in [2.05, 4.69) is 4.98 Å². The second-order valence-electron chi connectivity index (χ2n) is 6.98. The van der Waals surface area contributed by atoms with Gasteiger partial charge in [-0.15, -0.1) is 0 Å². The van der Waals surface area contributed by atoms with E-state index < -0.39 is 52.7 Å². The summed E-state index contributed by atoms with van der Waals surface area (Å²) < 4.78 is 25.5. The van der Waals surface area contributed by atoms with E-state index in [4.69, 9.17) is 62.6 Å². The number of H-pyrrole nitrogens is 1. The molecule has 6 radical (unpaired) electrons. The third kappa shape index (κ3) is 3.93. The second kappa shape index (κ2) is 7.82. The number of aliphatic hydroxyl groups is 2. The zero-order valence-corrected chi connectivity index (χ0v) is 16.9. The van der Waals surface area contributed by atoms with Crippen molar-refractivity contribution in [2.24, 2.45) is 11.7 Å². The van der Waals surface area contributed by atoms with Crippen molar-refractivity contribution in [3.05, 3.63) is 26.3 Å². The van der Waals surface area contributed by atoms with E-state index in [1.54, 1.807) is 13.8 Å². The summed E-state index contributed by atoms with van der Waals surface area (Å²) in [6, 6.07) is -1.23. The number of carbonyl (C=O) groups is 1. The number of nitrogens with zero attached hydrogens (tertiary/aromatic N) is 1. The Kier molecular flexibility index (Phi) is 6.50. The van der Waals surface area contributed by atoms with Crippen LogP contribution in [-0.4, -0.2) is 78.8 Å². The van der Waals surface area contributed by atoms with Crippen LogP contribution < -0.4 is 11.4 Å². The highest BCUT2D eigenvalue weighted by Gasteiger charge is 2.68. The van der Waals surface area contributed by atoms with E-state index in [1.807, 2.05) is 0 Å². The Morgan fingerprint density at radius 1 is 1.52 bits per heavy atom. The monoisotopic (exact) mass is 441 g/mol. The van der Waals surface area contributed by atoms with Crippen molar-refractivity contribution in [3.63, 3.8) is 0 Å². The van der Waals surface area contributed by atoms with Gasteiger partial charge < -0.3 is 25.4 Å². The normalized spacial score (nSPS) is 31.0. The van der Waals surface area contributed by atoms with Crippen LogP contribution in [0.25, 0.3) is 0 Å². The summed E-state index contributed by atoms with van der Waals surface area (Å²) in [5.74, 6) is -5.28. The summed E-state index contributed by atoms with van der Waals surface area (Å²) >= 11 is 10.6. The van der Waals surface area contributed by atoms with Gasteiger partial charge in [-0.2, -0.15) is 0 Å². The molecular formula is C14H16B3ClFN3O6S. The molecule has 29 heavy (non-hydrogen) atoms. The number of hydrogen-bond acceptors (Lipinski definition) is 8. The van der Waals surface area contributed by atoms with Gasteiger partial charge in [0, 0.05) is 6.20 Å². The van der Waals surface area contributed by atoms with Gasteiger partial charge in [-0.3, -0.25) is 14.3 Å². The Balaban J connectivity index is 2.48. The molecule has 2 rings (SSSR count). The van der Waals surface area contributed by atoms with Crippen LogP contribution in [0, 0.1) is 10.6 Å². The molecule has 0 bridgehead atoms. The van der Waals surface area contributed by atoms with E-state index in [9.17, 15) is 19.8 Å². The van der Waals surface area contributed by atoms with Gasteiger partial charge in [0.25, 0.3) is 5.85 Å². The van der Waals surface area contributed by atoms with Crippen molar-refractivity contribution in [2.75, 3.05) is 0 Å². The van der Waals surface area contributed by atoms with Gasteiger partial charge in [0.05, 0.1) is 10.4 Å². The molecule has 9 nitrogen and oxygen atoms in total. The predicted octanol–water partition coefficient (Wildman–Crippen LogP) is -1.73. The fourth-order valence-electron chi connectivity index (χ4n) is 2.57. The average Bonchev–Trinajstić information content (AvgIpc) is 2.79. The largest absolute Gasteiger partial charge is 0.473 e. The highest BCUT2D eigenvalue weighted by Crippen LogP contribution is 2.46. The number of aromatic amines is 1. The highest BCUT2D eigenvalue weighted by atomic mass is 35.5. The smallest absolute Gasteiger partial charge is 0.328 e. The first-order valence-corrected chi connectivity index (χ1v) is 8.99. The van der Waals surface area contributed by atoms with Crippen LogP contribution in [0.4, 0.5) is 4.39 Å². The molecule has 0 aromatic carbocycles. The van der Waals surface area contributed by atoms with Crippen LogP contribution in [-0.2, 0) is 19.9 Å². The molecule has 5 atom stereocenters. The van der Waals surface area contributed by atoms with Crippen LogP contribution in [0.1, 0.15) is 13.8 Å². The molecule has 1 fully saturated rings. The van der Waals surface area contributed by atoms with Gasteiger partial charge in [-0.05, 0) is 5.92 Å². The molecule has 1 aliphatic rings. The average molecular weight is 441 g/mol. The summed E-state index contributed by atoms with van der Waals surface area (Å²) in [7, 11) is 17.0. The lowest BCUT2D eigenvalue weighted by Gasteiger charge is -2.41. The van der Waals surface area contributed by atoms with Crippen molar-refractivity contribution in [1.82, 2.24) is 9.55 Å². The molecular weight excluding hydrogens is 425 g/mol. The number of nitrogens with two attached hydrogens (primary N) is 1. The highest BCUT2D eigenvalue weighted by molar-refractivity contribution is 7.71. The quantitative estimate of drug-likeness (QED) is 0.240. The van der Waals surface area contributed by atoms with Crippen LogP contribution in [0.5, 0.6) is 0 Å². The molecule has 0 aliphatic carbocycles. The Labute approximate surface area is 178 Å². The number of esters is 1. The maximum Gasteiger partial charge on any atom is 0.328 e. The minimum atomic E-state index is -3.66. The third-order valence-corrected chi connectivity index (χ3v) is 5.20. The molecule has 5 N–H and O–H groups in total. The fraction of sp³-hybridized carbons (Fsp3) is 0.643. The van der Waals surface area contributed by atoms with Crippen LogP contribution in [0.2, 0.25) is 5.02 Å². The van der Waals surface area contributed by atoms with E-state index >= 15 is 4.39 Å². The number of aromatic nitrogens is 2. The summed E-state index contributed by atoms with van der Waals surface area (Å²) in [6.45, 7) is 3.16. The van der Waals surface area contributed by atoms with Gasteiger partial charge in [0.15, 0.2) is 0 Å². The molecule has 1 saturated heterocycles. The summed E-state index contributed by atoms with van der Waals surface area (Å²) in [4.78, 5) is 26.4. The lowest BCUT2D eigenvalue weighted by molar-refractivity contribution is -0.250. The number of carbonyl (C=O) groups excluding carboxylic acids is 1. The van der Waals surface area contributed by atoms with Gasteiger partial charge >= 0.3 is 11.7 Å². The number of rotatable bonds is 5. The predicted molar refractivity (Wildman–Crippen MR) is 105 cm³/mol. The zero-order chi connectivity index (χ0) is 22.5. The first-order chi connectivity index (χ1) is 13.1. The molecule has 2 heterocycles. The zero-order valence-electron chi connectivity index (χ0n) is 15.3. The SMILES string of the molecule is [B]C([B])(OC(=O)[C@@H](N)C(C)C)[C@@]1(F)O[C@@]([B])(n2cc(Cl)c(=S)[nH]c2=O)[C@H](O)[C@@H]1O. The molecule has 0 amide bonds. The first-order valence-electron chi connectivity index (χ1n) is 8.20. The Hall–Kier alpha value is -1.18. The van der Waals surface area contributed by atoms with Crippen molar-refractivity contribution in [3.8, 4) is 0 Å². The molecule has 1 aliphatic heterocycles. The maximum atomic E-state index is 15.6. The van der Waals surface area contributed by atoms with Gasteiger partial charge in [-0.25, -0.2) is 9.18 Å². The minimum Gasteiger partial charge on any atom is -0.473 e. The van der Waals surface area contributed by atoms with Crippen molar-refractivity contribution < 1.29 is 28.9 Å². The summed E-state index contributed by atoms with van der Waals surface area (Å²) in [5.41, 5.74) is 1.79. The van der Waals surface area contributed by atoms with Crippen molar-refractivity contribution in [2.45, 2.75) is 49.0 Å². The van der Waals surface area contributed by atoms with Crippen LogP contribution in [0.3, 0.4) is 0 Å².